The first-order chi connectivity index (χ1) is 14.5. The van der Waals surface area contributed by atoms with Gasteiger partial charge in [0.15, 0.2) is 0 Å². The number of carbonyl (C=O) groups is 2. The molecule has 2 aliphatic rings. The Kier molecular flexibility index (Phi) is 6.35. The van der Waals surface area contributed by atoms with Crippen molar-refractivity contribution in [3.05, 3.63) is 64.9 Å². The van der Waals surface area contributed by atoms with Crippen LogP contribution in [0.4, 0.5) is 0 Å². The lowest BCUT2D eigenvalue weighted by Gasteiger charge is -2.33. The minimum absolute atomic E-state index is 0.00965. The van der Waals surface area contributed by atoms with Crippen LogP contribution in [0.15, 0.2) is 48.7 Å². The molecule has 2 fully saturated rings. The fraction of sp³-hybridized carbons (Fsp3) is 0.435. The summed E-state index contributed by atoms with van der Waals surface area (Å²) in [5.74, 6) is -0.0174. The zero-order valence-corrected chi connectivity index (χ0v) is 17.5. The quantitative estimate of drug-likeness (QED) is 0.814. The number of benzene rings is 1. The SMILES string of the molecule is O=C(c1ccc(Cl)cc1)N1CCC(C(=O)N2C[C@@H](Cc3ccccn3)[C@H](O)C2)CC1. The van der Waals surface area contributed by atoms with Crippen LogP contribution in [0.1, 0.15) is 28.9 Å². The number of aromatic nitrogens is 1. The summed E-state index contributed by atoms with van der Waals surface area (Å²) in [4.78, 5) is 33.6. The van der Waals surface area contributed by atoms with Crippen molar-refractivity contribution in [2.75, 3.05) is 26.2 Å². The van der Waals surface area contributed by atoms with Crippen molar-refractivity contribution in [3.63, 3.8) is 0 Å². The van der Waals surface area contributed by atoms with Gasteiger partial charge in [-0.05, 0) is 55.7 Å². The number of β-amino-alcohol motifs (C(OH)–C–C–N with tert-alkyl or cyclic N) is 1. The molecule has 0 unspecified atom stereocenters. The zero-order valence-electron chi connectivity index (χ0n) is 16.8. The van der Waals surface area contributed by atoms with Crippen molar-refractivity contribution < 1.29 is 14.7 Å². The van der Waals surface area contributed by atoms with Crippen LogP contribution >= 0.6 is 11.6 Å². The van der Waals surface area contributed by atoms with E-state index < -0.39 is 6.10 Å². The summed E-state index contributed by atoms with van der Waals surface area (Å²) in [5.41, 5.74) is 1.55. The summed E-state index contributed by atoms with van der Waals surface area (Å²) in [6.07, 6.45) is 3.19. The highest BCUT2D eigenvalue weighted by molar-refractivity contribution is 6.30. The molecule has 1 aromatic carbocycles. The van der Waals surface area contributed by atoms with Gasteiger partial charge in [-0.1, -0.05) is 17.7 Å². The molecule has 0 bridgehead atoms. The van der Waals surface area contributed by atoms with Crippen molar-refractivity contribution >= 4 is 23.4 Å². The minimum atomic E-state index is -0.525. The fourth-order valence-corrected chi connectivity index (χ4v) is 4.51. The fourth-order valence-electron chi connectivity index (χ4n) is 4.38. The van der Waals surface area contributed by atoms with E-state index >= 15 is 0 Å². The molecule has 4 rings (SSSR count). The van der Waals surface area contributed by atoms with Gasteiger partial charge in [0, 0.05) is 60.5 Å². The third-order valence-electron chi connectivity index (χ3n) is 6.14. The number of nitrogens with zero attached hydrogens (tertiary/aromatic N) is 3. The van der Waals surface area contributed by atoms with Gasteiger partial charge in [-0.15, -0.1) is 0 Å². The van der Waals surface area contributed by atoms with Gasteiger partial charge in [0.05, 0.1) is 6.10 Å². The van der Waals surface area contributed by atoms with Gasteiger partial charge in [-0.3, -0.25) is 14.6 Å². The number of likely N-dealkylation sites (tertiary alicyclic amines) is 2. The van der Waals surface area contributed by atoms with Crippen molar-refractivity contribution in [3.8, 4) is 0 Å². The standard InChI is InChI=1S/C23H26ClN3O3/c24-19-6-4-16(5-7-19)22(29)26-11-8-17(9-12-26)23(30)27-14-18(21(28)15-27)13-20-3-1-2-10-25-20/h1-7,10,17-18,21,28H,8-9,11-15H2/t18-,21-/m1/s1. The first-order valence-corrected chi connectivity index (χ1v) is 10.8. The number of amides is 2. The van der Waals surface area contributed by atoms with Crippen LogP contribution in [-0.2, 0) is 11.2 Å². The lowest BCUT2D eigenvalue weighted by molar-refractivity contribution is -0.136. The molecule has 30 heavy (non-hydrogen) atoms. The normalized spacial score (nSPS) is 22.3. The molecule has 2 atom stereocenters. The smallest absolute Gasteiger partial charge is 0.253 e. The Hall–Kier alpha value is -2.44. The predicted molar refractivity (Wildman–Crippen MR) is 114 cm³/mol. The molecule has 2 aliphatic heterocycles. The van der Waals surface area contributed by atoms with Crippen molar-refractivity contribution in [2.45, 2.75) is 25.4 Å². The molecule has 6 nitrogen and oxygen atoms in total. The highest BCUT2D eigenvalue weighted by Gasteiger charge is 2.38. The maximum atomic E-state index is 13.0. The largest absolute Gasteiger partial charge is 0.391 e. The lowest BCUT2D eigenvalue weighted by Crippen LogP contribution is -2.44. The van der Waals surface area contributed by atoms with Gasteiger partial charge in [0.25, 0.3) is 5.91 Å². The second kappa shape index (κ2) is 9.14. The monoisotopic (exact) mass is 427 g/mol. The van der Waals surface area contributed by atoms with Crippen LogP contribution in [0.2, 0.25) is 5.02 Å². The number of rotatable bonds is 4. The molecule has 0 spiro atoms. The molecule has 0 aliphatic carbocycles. The molecule has 158 valence electrons. The summed E-state index contributed by atoms with van der Waals surface area (Å²) < 4.78 is 0. The Labute approximate surface area is 181 Å². The molecule has 0 radical (unpaired) electrons. The molecule has 1 N–H and O–H groups in total. The molecule has 7 heteroatoms. The van der Waals surface area contributed by atoms with E-state index in [1.54, 1.807) is 40.3 Å². The average Bonchev–Trinajstić information content (AvgIpc) is 3.14. The molecule has 2 saturated heterocycles. The maximum absolute atomic E-state index is 13.0. The number of piperidine rings is 1. The minimum Gasteiger partial charge on any atom is -0.391 e. The third-order valence-corrected chi connectivity index (χ3v) is 6.39. The highest BCUT2D eigenvalue weighted by atomic mass is 35.5. The Morgan fingerprint density at radius 1 is 1.03 bits per heavy atom. The summed E-state index contributed by atoms with van der Waals surface area (Å²) in [6.45, 7) is 2.05. The van der Waals surface area contributed by atoms with Gasteiger partial charge >= 0.3 is 0 Å². The van der Waals surface area contributed by atoms with Crippen molar-refractivity contribution in [1.82, 2.24) is 14.8 Å². The number of hydrogen-bond donors (Lipinski definition) is 1. The van der Waals surface area contributed by atoms with Crippen LogP contribution in [-0.4, -0.2) is 64.0 Å². The van der Waals surface area contributed by atoms with Crippen LogP contribution in [0.5, 0.6) is 0 Å². The van der Waals surface area contributed by atoms with Gasteiger partial charge in [-0.25, -0.2) is 0 Å². The molecular formula is C23H26ClN3O3. The topological polar surface area (TPSA) is 73.7 Å². The van der Waals surface area contributed by atoms with E-state index in [1.165, 1.54) is 0 Å². The van der Waals surface area contributed by atoms with Crippen LogP contribution in [0.25, 0.3) is 0 Å². The molecular weight excluding hydrogens is 402 g/mol. The molecule has 0 saturated carbocycles. The summed E-state index contributed by atoms with van der Waals surface area (Å²) in [5, 5.41) is 11.0. The van der Waals surface area contributed by atoms with E-state index in [1.807, 2.05) is 18.2 Å². The zero-order chi connectivity index (χ0) is 21.1. The van der Waals surface area contributed by atoms with E-state index in [2.05, 4.69) is 4.98 Å². The first-order valence-electron chi connectivity index (χ1n) is 10.4. The second-order valence-electron chi connectivity index (χ2n) is 8.17. The Morgan fingerprint density at radius 3 is 2.43 bits per heavy atom. The van der Waals surface area contributed by atoms with Crippen LogP contribution < -0.4 is 0 Å². The maximum Gasteiger partial charge on any atom is 0.253 e. The van der Waals surface area contributed by atoms with E-state index in [4.69, 9.17) is 11.6 Å². The Bertz CT molecular complexity index is 882. The average molecular weight is 428 g/mol. The van der Waals surface area contributed by atoms with Crippen molar-refractivity contribution in [1.29, 1.82) is 0 Å². The van der Waals surface area contributed by atoms with E-state index in [-0.39, 0.29) is 23.7 Å². The Morgan fingerprint density at radius 2 is 1.77 bits per heavy atom. The highest BCUT2D eigenvalue weighted by Crippen LogP contribution is 2.27. The van der Waals surface area contributed by atoms with Crippen molar-refractivity contribution in [2.24, 2.45) is 11.8 Å². The van der Waals surface area contributed by atoms with Gasteiger partial charge in [-0.2, -0.15) is 0 Å². The number of aliphatic hydroxyl groups excluding tert-OH is 1. The molecule has 1 aromatic heterocycles. The number of aliphatic hydroxyl groups is 1. The lowest BCUT2D eigenvalue weighted by atomic mass is 9.94. The van der Waals surface area contributed by atoms with Gasteiger partial charge in [0.1, 0.15) is 0 Å². The van der Waals surface area contributed by atoms with Gasteiger partial charge in [0.2, 0.25) is 5.91 Å². The molecule has 2 aromatic rings. The van der Waals surface area contributed by atoms with E-state index in [9.17, 15) is 14.7 Å². The molecule has 3 heterocycles. The predicted octanol–water partition coefficient (Wildman–Crippen LogP) is 2.65. The number of carbonyl (C=O) groups excluding carboxylic acids is 2. The van der Waals surface area contributed by atoms with Gasteiger partial charge < -0.3 is 14.9 Å². The first kappa shape index (κ1) is 20.8. The van der Waals surface area contributed by atoms with E-state index in [0.717, 1.165) is 5.69 Å². The summed E-state index contributed by atoms with van der Waals surface area (Å²) in [7, 11) is 0. The molecule has 2 amide bonds. The van der Waals surface area contributed by atoms with Crippen LogP contribution in [0.3, 0.4) is 0 Å². The number of hydrogen-bond acceptors (Lipinski definition) is 4. The number of pyridine rings is 1. The second-order valence-corrected chi connectivity index (χ2v) is 8.61. The third kappa shape index (κ3) is 4.65. The van der Waals surface area contributed by atoms with Crippen LogP contribution in [0, 0.1) is 11.8 Å². The summed E-state index contributed by atoms with van der Waals surface area (Å²) in [6, 6.07) is 12.6. The summed E-state index contributed by atoms with van der Waals surface area (Å²) >= 11 is 5.90. The van der Waals surface area contributed by atoms with E-state index in [0.29, 0.717) is 56.0 Å². The number of halogens is 1. The Balaban J connectivity index is 1.30.